The van der Waals surface area contributed by atoms with Crippen LogP contribution in [-0.4, -0.2) is 72.5 Å². The van der Waals surface area contributed by atoms with Crippen molar-refractivity contribution >= 4 is 34.6 Å². The summed E-state index contributed by atoms with van der Waals surface area (Å²) in [6.45, 7) is -0.444. The van der Waals surface area contributed by atoms with Crippen LogP contribution in [0.3, 0.4) is 0 Å². The summed E-state index contributed by atoms with van der Waals surface area (Å²) in [5.41, 5.74) is 0.449. The molecule has 3 rings (SSSR count). The predicted molar refractivity (Wildman–Crippen MR) is 86.6 cm³/mol. The molecular formula is C13H15N5O4S2. The van der Waals surface area contributed by atoms with Crippen molar-refractivity contribution in [2.75, 3.05) is 19.1 Å². The molecule has 0 bridgehead atoms. The number of aliphatic hydroxyl groups is 3. The van der Waals surface area contributed by atoms with Gasteiger partial charge in [-0.2, -0.15) is 10.4 Å². The van der Waals surface area contributed by atoms with Crippen LogP contribution in [0, 0.1) is 11.3 Å². The molecule has 1 saturated heterocycles. The SMILES string of the molecule is CSc1nc(SC)c2c(C#N)nn(C3OC(CO)C(O)C3O)c2n1. The quantitative estimate of drug-likeness (QED) is 0.376. The standard InChI is InChI=1S/C13H15N5O4S2/c1-23-11-7-5(3-14)17-18(10(7)15-13(16-11)24-2)12-9(21)8(20)6(4-19)22-12/h6,8-9,12,19-21H,4H2,1-2H3. The highest BCUT2D eigenvalue weighted by molar-refractivity contribution is 7.99. The van der Waals surface area contributed by atoms with E-state index in [1.54, 1.807) is 0 Å². The van der Waals surface area contributed by atoms with Gasteiger partial charge < -0.3 is 20.1 Å². The summed E-state index contributed by atoms with van der Waals surface area (Å²) in [5.74, 6) is 0. The maximum atomic E-state index is 10.2. The molecule has 1 aliphatic heterocycles. The van der Waals surface area contributed by atoms with E-state index >= 15 is 0 Å². The van der Waals surface area contributed by atoms with Crippen molar-refractivity contribution in [2.45, 2.75) is 34.7 Å². The number of rotatable bonds is 4. The summed E-state index contributed by atoms with van der Waals surface area (Å²) in [5, 5.41) is 44.5. The number of hydrogen-bond donors (Lipinski definition) is 3. The first-order chi connectivity index (χ1) is 11.5. The van der Waals surface area contributed by atoms with Gasteiger partial charge in [0.1, 0.15) is 29.4 Å². The van der Waals surface area contributed by atoms with Crippen molar-refractivity contribution in [3.63, 3.8) is 0 Å². The number of hydrogen-bond acceptors (Lipinski definition) is 10. The highest BCUT2D eigenvalue weighted by Crippen LogP contribution is 2.34. The highest BCUT2D eigenvalue weighted by atomic mass is 32.2. The predicted octanol–water partition coefficient (Wildman–Crippen LogP) is -0.247. The third-order valence-corrected chi connectivity index (χ3v) is 4.97. The lowest BCUT2D eigenvalue weighted by Gasteiger charge is -2.15. The van der Waals surface area contributed by atoms with Gasteiger partial charge in [-0.15, -0.1) is 11.8 Å². The molecule has 0 aliphatic carbocycles. The molecule has 0 radical (unpaired) electrons. The van der Waals surface area contributed by atoms with Crippen LogP contribution in [0.5, 0.6) is 0 Å². The van der Waals surface area contributed by atoms with Gasteiger partial charge in [-0.05, 0) is 12.5 Å². The van der Waals surface area contributed by atoms with Crippen LogP contribution < -0.4 is 0 Å². The molecule has 3 N–H and O–H groups in total. The van der Waals surface area contributed by atoms with Crippen LogP contribution >= 0.6 is 23.5 Å². The summed E-state index contributed by atoms with van der Waals surface area (Å²) in [7, 11) is 0. The minimum Gasteiger partial charge on any atom is -0.394 e. The van der Waals surface area contributed by atoms with Gasteiger partial charge in [0.15, 0.2) is 22.7 Å². The number of nitrogens with zero attached hydrogens (tertiary/aromatic N) is 5. The number of nitriles is 1. The smallest absolute Gasteiger partial charge is 0.190 e. The van der Waals surface area contributed by atoms with Crippen LogP contribution in [0.1, 0.15) is 11.9 Å². The van der Waals surface area contributed by atoms with Gasteiger partial charge in [0, 0.05) is 0 Å². The molecule has 4 unspecified atom stereocenters. The Morgan fingerprint density at radius 3 is 2.54 bits per heavy atom. The molecule has 0 spiro atoms. The topological polar surface area (TPSA) is 137 Å². The fraction of sp³-hybridized carbons (Fsp3) is 0.538. The Morgan fingerprint density at radius 2 is 2.00 bits per heavy atom. The third kappa shape index (κ3) is 2.65. The largest absolute Gasteiger partial charge is 0.394 e. The average molecular weight is 369 g/mol. The molecule has 0 saturated carbocycles. The Labute approximate surface area is 145 Å². The molecule has 24 heavy (non-hydrogen) atoms. The van der Waals surface area contributed by atoms with E-state index in [1.165, 1.54) is 28.2 Å². The van der Waals surface area contributed by atoms with Crippen LogP contribution in [0.25, 0.3) is 11.0 Å². The van der Waals surface area contributed by atoms with E-state index in [0.29, 0.717) is 21.2 Å². The molecule has 11 heteroatoms. The van der Waals surface area contributed by atoms with Crippen molar-refractivity contribution in [3.05, 3.63) is 5.69 Å². The first-order valence-electron chi connectivity index (χ1n) is 6.96. The summed E-state index contributed by atoms with van der Waals surface area (Å²) in [6.07, 6.45) is -0.896. The first kappa shape index (κ1) is 17.4. The zero-order valence-electron chi connectivity index (χ0n) is 12.8. The van der Waals surface area contributed by atoms with Crippen LogP contribution in [0.15, 0.2) is 10.2 Å². The maximum absolute atomic E-state index is 10.2. The van der Waals surface area contributed by atoms with E-state index in [-0.39, 0.29) is 5.69 Å². The second kappa shape index (κ2) is 6.83. The number of ether oxygens (including phenoxy) is 1. The van der Waals surface area contributed by atoms with Crippen LogP contribution in [-0.2, 0) is 4.74 Å². The Hall–Kier alpha value is -1.42. The molecule has 0 amide bonds. The molecule has 0 aromatic carbocycles. The zero-order valence-corrected chi connectivity index (χ0v) is 14.5. The van der Waals surface area contributed by atoms with E-state index < -0.39 is 31.1 Å². The van der Waals surface area contributed by atoms with E-state index in [4.69, 9.17) is 4.74 Å². The summed E-state index contributed by atoms with van der Waals surface area (Å²) < 4.78 is 6.78. The van der Waals surface area contributed by atoms with E-state index in [9.17, 15) is 20.6 Å². The van der Waals surface area contributed by atoms with Gasteiger partial charge in [-0.25, -0.2) is 14.6 Å². The van der Waals surface area contributed by atoms with Gasteiger partial charge in [0.2, 0.25) is 0 Å². The van der Waals surface area contributed by atoms with E-state index in [1.807, 2.05) is 18.6 Å². The molecular weight excluding hydrogens is 354 g/mol. The lowest BCUT2D eigenvalue weighted by molar-refractivity contribution is -0.0567. The summed E-state index contributed by atoms with van der Waals surface area (Å²) in [6, 6.07) is 2.00. The minimum atomic E-state index is -1.30. The second-order valence-electron chi connectivity index (χ2n) is 5.05. The lowest BCUT2D eigenvalue weighted by Crippen LogP contribution is -2.33. The van der Waals surface area contributed by atoms with Crippen molar-refractivity contribution in [1.29, 1.82) is 5.26 Å². The van der Waals surface area contributed by atoms with Crippen molar-refractivity contribution in [2.24, 2.45) is 0 Å². The number of aromatic nitrogens is 4. The van der Waals surface area contributed by atoms with Crippen LogP contribution in [0.4, 0.5) is 0 Å². The monoisotopic (exact) mass is 369 g/mol. The zero-order chi connectivity index (χ0) is 17.4. The summed E-state index contributed by atoms with van der Waals surface area (Å²) in [4.78, 5) is 8.75. The first-order valence-corrected chi connectivity index (χ1v) is 9.41. The molecule has 128 valence electrons. The van der Waals surface area contributed by atoms with Gasteiger partial charge in [0.25, 0.3) is 0 Å². The maximum Gasteiger partial charge on any atom is 0.190 e. The van der Waals surface area contributed by atoms with E-state index in [2.05, 4.69) is 15.1 Å². The Bertz CT molecular complexity index is 808. The molecule has 2 aromatic rings. The molecule has 1 fully saturated rings. The summed E-state index contributed by atoms with van der Waals surface area (Å²) >= 11 is 2.69. The second-order valence-corrected chi connectivity index (χ2v) is 6.62. The van der Waals surface area contributed by atoms with Gasteiger partial charge in [-0.3, -0.25) is 0 Å². The average Bonchev–Trinajstić information content (AvgIpc) is 3.12. The fourth-order valence-electron chi connectivity index (χ4n) is 2.56. The minimum absolute atomic E-state index is 0.111. The van der Waals surface area contributed by atoms with Crippen LogP contribution in [0.2, 0.25) is 0 Å². The lowest BCUT2D eigenvalue weighted by atomic mass is 10.1. The molecule has 9 nitrogen and oxygen atoms in total. The van der Waals surface area contributed by atoms with E-state index in [0.717, 1.165) is 0 Å². The highest BCUT2D eigenvalue weighted by Gasteiger charge is 2.45. The third-order valence-electron chi connectivity index (χ3n) is 3.74. The van der Waals surface area contributed by atoms with Crippen molar-refractivity contribution in [1.82, 2.24) is 19.7 Å². The Morgan fingerprint density at radius 1 is 1.25 bits per heavy atom. The molecule has 1 aliphatic rings. The Kier molecular flexibility index (Phi) is 4.95. The number of aliphatic hydroxyl groups excluding tert-OH is 3. The molecule has 2 aromatic heterocycles. The fourth-order valence-corrected chi connectivity index (χ4v) is 3.55. The van der Waals surface area contributed by atoms with Gasteiger partial charge >= 0.3 is 0 Å². The number of thioether (sulfide) groups is 2. The Balaban J connectivity index is 2.20. The van der Waals surface area contributed by atoms with Crippen molar-refractivity contribution < 1.29 is 20.1 Å². The van der Waals surface area contributed by atoms with Gasteiger partial charge in [0.05, 0.1) is 12.0 Å². The number of fused-ring (bicyclic) bond motifs is 1. The normalized spacial score (nSPS) is 26.8. The molecule has 4 atom stereocenters. The van der Waals surface area contributed by atoms with Gasteiger partial charge in [-0.1, -0.05) is 11.8 Å². The van der Waals surface area contributed by atoms with Crippen molar-refractivity contribution in [3.8, 4) is 6.07 Å². The molecule has 3 heterocycles.